The maximum absolute atomic E-state index is 12.7. The van der Waals surface area contributed by atoms with Crippen LogP contribution in [-0.4, -0.2) is 22.1 Å². The standard InChI is InChI=1S/C17H18F3N3O2.C7H6F2/c18-17(19,20)8-9-2-1-3-10(6-9)12-7-13(24)14-11(23-12)4-5-22-15(14)16(21)25;1-5-3-2-4-6(8)7(5)9/h4-5,7,9-10H,1-3,6,8H2,(H2,21,25)(H,23,24);2-4H,1H3/t9-,10+;/m1./s1. The molecule has 1 saturated carbocycles. The number of amides is 1. The minimum atomic E-state index is -4.18. The number of hydrogen-bond acceptors (Lipinski definition) is 3. The average molecular weight is 481 g/mol. The molecule has 1 aliphatic carbocycles. The highest BCUT2D eigenvalue weighted by Crippen LogP contribution is 2.40. The molecule has 2 atom stereocenters. The zero-order valence-corrected chi connectivity index (χ0v) is 18.4. The molecule has 1 aliphatic rings. The second kappa shape index (κ2) is 10.3. The van der Waals surface area contributed by atoms with E-state index in [-0.39, 0.29) is 17.0 Å². The second-order valence-electron chi connectivity index (χ2n) is 8.45. The van der Waals surface area contributed by atoms with E-state index < -0.39 is 41.5 Å². The number of nitrogens with one attached hydrogen (secondary N) is 1. The normalized spacial score (nSPS) is 18.3. The summed E-state index contributed by atoms with van der Waals surface area (Å²) in [6.45, 7) is 1.53. The molecule has 0 saturated heterocycles. The number of carbonyl (C=O) groups excluding carboxylic acids is 1. The maximum atomic E-state index is 12.7. The van der Waals surface area contributed by atoms with E-state index in [1.807, 2.05) is 0 Å². The van der Waals surface area contributed by atoms with Gasteiger partial charge >= 0.3 is 6.18 Å². The van der Waals surface area contributed by atoms with Crippen LogP contribution in [0.25, 0.3) is 10.9 Å². The van der Waals surface area contributed by atoms with E-state index in [4.69, 9.17) is 5.73 Å². The predicted molar refractivity (Wildman–Crippen MR) is 117 cm³/mol. The summed E-state index contributed by atoms with van der Waals surface area (Å²) in [5.74, 6) is -2.90. The largest absolute Gasteiger partial charge is 0.389 e. The van der Waals surface area contributed by atoms with Crippen molar-refractivity contribution in [3.8, 4) is 0 Å². The maximum Gasteiger partial charge on any atom is 0.389 e. The summed E-state index contributed by atoms with van der Waals surface area (Å²) in [7, 11) is 0. The van der Waals surface area contributed by atoms with Crippen LogP contribution in [0.3, 0.4) is 0 Å². The molecule has 0 aliphatic heterocycles. The fraction of sp³-hybridized carbons (Fsp3) is 0.375. The van der Waals surface area contributed by atoms with Crippen LogP contribution >= 0.6 is 0 Å². The summed E-state index contributed by atoms with van der Waals surface area (Å²) in [6.07, 6.45) is -1.26. The fourth-order valence-corrected chi connectivity index (χ4v) is 4.32. The first-order valence-electron chi connectivity index (χ1n) is 10.8. The number of benzene rings is 1. The lowest BCUT2D eigenvalue weighted by atomic mass is 9.78. The highest BCUT2D eigenvalue weighted by atomic mass is 19.4. The van der Waals surface area contributed by atoms with Crippen molar-refractivity contribution in [3.63, 3.8) is 0 Å². The van der Waals surface area contributed by atoms with Gasteiger partial charge in [-0.15, -0.1) is 0 Å². The van der Waals surface area contributed by atoms with Crippen molar-refractivity contribution in [2.75, 3.05) is 0 Å². The Morgan fingerprint density at radius 1 is 1.21 bits per heavy atom. The van der Waals surface area contributed by atoms with Gasteiger partial charge < -0.3 is 10.7 Å². The van der Waals surface area contributed by atoms with Crippen LogP contribution in [0.5, 0.6) is 0 Å². The molecule has 0 unspecified atom stereocenters. The second-order valence-corrected chi connectivity index (χ2v) is 8.45. The molecule has 2 heterocycles. The van der Waals surface area contributed by atoms with Crippen LogP contribution in [0.15, 0.2) is 41.3 Å². The quantitative estimate of drug-likeness (QED) is 0.483. The SMILES string of the molecule is Cc1cccc(F)c1F.NC(=O)c1nccc2[nH]c([C@H]3CCC[C@@H](CC(F)(F)F)C3)cc(=O)c12. The molecular formula is C24H24F5N3O2. The number of carbonyl (C=O) groups is 1. The van der Waals surface area contributed by atoms with Crippen molar-refractivity contribution in [2.24, 2.45) is 11.7 Å². The van der Waals surface area contributed by atoms with E-state index in [1.54, 1.807) is 6.07 Å². The fourth-order valence-electron chi connectivity index (χ4n) is 4.32. The Kier molecular flexibility index (Phi) is 7.68. The minimum Gasteiger partial charge on any atom is -0.364 e. The number of alkyl halides is 3. The van der Waals surface area contributed by atoms with Crippen molar-refractivity contribution >= 4 is 16.8 Å². The van der Waals surface area contributed by atoms with Gasteiger partial charge in [0.15, 0.2) is 17.1 Å². The number of H-pyrrole nitrogens is 1. The lowest BCUT2D eigenvalue weighted by molar-refractivity contribution is -0.146. The number of aromatic nitrogens is 2. The molecule has 0 spiro atoms. The number of nitrogens with two attached hydrogens (primary N) is 1. The van der Waals surface area contributed by atoms with Crippen LogP contribution in [0.1, 0.15) is 59.8 Å². The van der Waals surface area contributed by atoms with Gasteiger partial charge in [-0.2, -0.15) is 13.2 Å². The van der Waals surface area contributed by atoms with Gasteiger partial charge in [-0.25, -0.2) is 8.78 Å². The third kappa shape index (κ3) is 6.18. The molecule has 1 fully saturated rings. The third-order valence-electron chi connectivity index (χ3n) is 5.88. The van der Waals surface area contributed by atoms with E-state index in [2.05, 4.69) is 9.97 Å². The van der Waals surface area contributed by atoms with Gasteiger partial charge in [-0.05, 0) is 49.3 Å². The van der Waals surface area contributed by atoms with E-state index in [1.165, 1.54) is 31.3 Å². The van der Waals surface area contributed by atoms with Crippen LogP contribution in [0.2, 0.25) is 0 Å². The van der Waals surface area contributed by atoms with Gasteiger partial charge in [-0.3, -0.25) is 14.6 Å². The summed E-state index contributed by atoms with van der Waals surface area (Å²) >= 11 is 0. The first-order valence-corrected chi connectivity index (χ1v) is 10.8. The van der Waals surface area contributed by atoms with Crippen molar-refractivity contribution in [1.82, 2.24) is 9.97 Å². The third-order valence-corrected chi connectivity index (χ3v) is 5.88. The summed E-state index contributed by atoms with van der Waals surface area (Å²) in [4.78, 5) is 30.8. The van der Waals surface area contributed by atoms with Gasteiger partial charge in [0.2, 0.25) is 0 Å². The van der Waals surface area contributed by atoms with E-state index >= 15 is 0 Å². The van der Waals surface area contributed by atoms with Crippen LogP contribution in [0.4, 0.5) is 22.0 Å². The molecule has 10 heteroatoms. The summed E-state index contributed by atoms with van der Waals surface area (Å²) < 4.78 is 62.5. The predicted octanol–water partition coefficient (Wildman–Crippen LogP) is 5.52. The molecule has 3 aromatic rings. The molecular weight excluding hydrogens is 457 g/mol. The number of pyridine rings is 2. The smallest absolute Gasteiger partial charge is 0.364 e. The van der Waals surface area contributed by atoms with Gasteiger partial charge in [-0.1, -0.05) is 25.0 Å². The molecule has 34 heavy (non-hydrogen) atoms. The number of nitrogens with zero attached hydrogens (tertiary/aromatic N) is 1. The molecule has 5 nitrogen and oxygen atoms in total. The molecule has 0 bridgehead atoms. The Labute approximate surface area is 192 Å². The molecule has 182 valence electrons. The first-order chi connectivity index (χ1) is 16.0. The number of fused-ring (bicyclic) bond motifs is 1. The zero-order valence-electron chi connectivity index (χ0n) is 18.4. The Hall–Kier alpha value is -3.30. The minimum absolute atomic E-state index is 0.108. The number of halogens is 5. The number of aromatic amines is 1. The first kappa shape index (κ1) is 25.3. The monoisotopic (exact) mass is 481 g/mol. The summed E-state index contributed by atoms with van der Waals surface area (Å²) in [5, 5.41) is 0.112. The Morgan fingerprint density at radius 2 is 1.94 bits per heavy atom. The molecule has 0 radical (unpaired) electrons. The summed E-state index contributed by atoms with van der Waals surface area (Å²) in [5.41, 5.74) is 6.10. The Bertz CT molecular complexity index is 1220. The van der Waals surface area contributed by atoms with Crippen LogP contribution < -0.4 is 11.2 Å². The number of hydrogen-bond donors (Lipinski definition) is 2. The van der Waals surface area contributed by atoms with Crippen molar-refractivity contribution in [3.05, 3.63) is 75.3 Å². The average Bonchev–Trinajstić information content (AvgIpc) is 2.76. The summed E-state index contributed by atoms with van der Waals surface area (Å²) in [6, 6.07) is 7.02. The molecule has 1 amide bonds. The topological polar surface area (TPSA) is 88.8 Å². The zero-order chi connectivity index (χ0) is 25.0. The lowest BCUT2D eigenvalue weighted by Gasteiger charge is -2.29. The molecule has 3 N–H and O–H groups in total. The molecule has 2 aromatic heterocycles. The number of aryl methyl sites for hydroxylation is 1. The Morgan fingerprint density at radius 3 is 2.56 bits per heavy atom. The van der Waals surface area contributed by atoms with Crippen LogP contribution in [0, 0.1) is 24.5 Å². The van der Waals surface area contributed by atoms with Gasteiger partial charge in [0.05, 0.1) is 10.9 Å². The van der Waals surface area contributed by atoms with Crippen molar-refractivity contribution < 1.29 is 26.7 Å². The van der Waals surface area contributed by atoms with Gasteiger partial charge in [0.25, 0.3) is 5.91 Å². The van der Waals surface area contributed by atoms with Gasteiger partial charge in [0.1, 0.15) is 5.69 Å². The number of primary amides is 1. The van der Waals surface area contributed by atoms with Crippen LogP contribution in [-0.2, 0) is 0 Å². The molecule has 4 rings (SSSR count). The highest BCUT2D eigenvalue weighted by Gasteiger charge is 2.35. The Balaban J connectivity index is 0.000000302. The van der Waals surface area contributed by atoms with E-state index in [0.29, 0.717) is 36.0 Å². The highest BCUT2D eigenvalue weighted by molar-refractivity contribution is 6.03. The van der Waals surface area contributed by atoms with Gasteiger partial charge in [0, 0.05) is 24.4 Å². The van der Waals surface area contributed by atoms with Crippen molar-refractivity contribution in [2.45, 2.75) is 51.1 Å². The lowest BCUT2D eigenvalue weighted by Crippen LogP contribution is -2.23. The molecule has 1 aromatic carbocycles. The van der Waals surface area contributed by atoms with E-state index in [9.17, 15) is 31.5 Å². The number of rotatable bonds is 3. The van der Waals surface area contributed by atoms with Crippen molar-refractivity contribution in [1.29, 1.82) is 0 Å². The van der Waals surface area contributed by atoms with E-state index in [0.717, 1.165) is 12.5 Å².